The standard InChI is InChI=1S/C28H40N2O3/c1-5-7-9-10-11-12-13-21(3)24-19-29-27(30-20-24)23-15-17-25(18-16-23)33-28(32)22(4)26(31)14-8-6-2/h15-20,22,26,31H,3,5-14H2,1-2,4H3/t22-,26-/m0/s1. The zero-order valence-corrected chi connectivity index (χ0v) is 20.6. The average Bonchev–Trinajstić information content (AvgIpc) is 2.84. The molecule has 0 radical (unpaired) electrons. The molecule has 0 spiro atoms. The Morgan fingerprint density at radius 3 is 2.21 bits per heavy atom. The maximum absolute atomic E-state index is 12.3. The second-order valence-electron chi connectivity index (χ2n) is 8.86. The Morgan fingerprint density at radius 1 is 0.970 bits per heavy atom. The molecule has 2 aromatic rings. The molecule has 0 aliphatic rings. The van der Waals surface area contributed by atoms with E-state index in [0.717, 1.165) is 42.4 Å². The van der Waals surface area contributed by atoms with Crippen LogP contribution in [0.3, 0.4) is 0 Å². The van der Waals surface area contributed by atoms with E-state index in [1.807, 2.05) is 24.5 Å². The molecule has 0 amide bonds. The van der Waals surface area contributed by atoms with Crippen molar-refractivity contribution in [2.24, 2.45) is 5.92 Å². The highest BCUT2D eigenvalue weighted by Crippen LogP contribution is 2.23. The van der Waals surface area contributed by atoms with Gasteiger partial charge in [0.1, 0.15) is 5.75 Å². The molecule has 0 bridgehead atoms. The molecule has 1 heterocycles. The molecule has 0 aliphatic heterocycles. The van der Waals surface area contributed by atoms with Crippen LogP contribution in [-0.2, 0) is 4.79 Å². The minimum atomic E-state index is -0.681. The van der Waals surface area contributed by atoms with Crippen LogP contribution in [0, 0.1) is 5.92 Å². The van der Waals surface area contributed by atoms with E-state index in [0.29, 0.717) is 18.0 Å². The summed E-state index contributed by atoms with van der Waals surface area (Å²) in [6.45, 7) is 10.2. The molecular formula is C28H40N2O3. The van der Waals surface area contributed by atoms with Crippen molar-refractivity contribution in [1.82, 2.24) is 9.97 Å². The number of unbranched alkanes of at least 4 members (excludes halogenated alkanes) is 6. The highest BCUT2D eigenvalue weighted by Gasteiger charge is 2.23. The number of aliphatic hydroxyl groups excluding tert-OH is 1. The molecule has 1 aromatic heterocycles. The summed E-state index contributed by atoms with van der Waals surface area (Å²) in [7, 11) is 0. The molecule has 0 saturated heterocycles. The van der Waals surface area contributed by atoms with E-state index in [2.05, 4.69) is 30.4 Å². The first-order valence-electron chi connectivity index (χ1n) is 12.5. The van der Waals surface area contributed by atoms with E-state index in [1.54, 1.807) is 19.1 Å². The van der Waals surface area contributed by atoms with Gasteiger partial charge in [-0.1, -0.05) is 65.4 Å². The second-order valence-corrected chi connectivity index (χ2v) is 8.86. The fourth-order valence-corrected chi connectivity index (χ4v) is 3.62. The van der Waals surface area contributed by atoms with E-state index >= 15 is 0 Å². The van der Waals surface area contributed by atoms with Crippen molar-refractivity contribution in [2.45, 2.75) is 91.1 Å². The Morgan fingerprint density at radius 2 is 1.58 bits per heavy atom. The van der Waals surface area contributed by atoms with Crippen LogP contribution in [0.2, 0.25) is 0 Å². The van der Waals surface area contributed by atoms with Gasteiger partial charge in [0.05, 0.1) is 12.0 Å². The number of carbonyl (C=O) groups is 1. The molecule has 180 valence electrons. The molecule has 0 saturated carbocycles. The molecule has 2 rings (SSSR count). The number of nitrogens with zero attached hydrogens (tertiary/aromatic N) is 2. The number of rotatable bonds is 15. The van der Waals surface area contributed by atoms with E-state index in [-0.39, 0.29) is 0 Å². The number of ether oxygens (including phenoxy) is 1. The summed E-state index contributed by atoms with van der Waals surface area (Å²) in [6, 6.07) is 7.13. The molecule has 0 unspecified atom stereocenters. The van der Waals surface area contributed by atoms with Gasteiger partial charge in [0, 0.05) is 23.5 Å². The molecule has 0 fully saturated rings. The van der Waals surface area contributed by atoms with Crippen LogP contribution in [0.1, 0.15) is 90.5 Å². The van der Waals surface area contributed by atoms with E-state index in [1.165, 1.54) is 32.1 Å². The van der Waals surface area contributed by atoms with Crippen molar-refractivity contribution in [2.75, 3.05) is 0 Å². The van der Waals surface area contributed by atoms with Crippen LogP contribution < -0.4 is 4.74 Å². The van der Waals surface area contributed by atoms with Crippen LogP contribution in [-0.4, -0.2) is 27.1 Å². The lowest BCUT2D eigenvalue weighted by Gasteiger charge is -2.17. The normalized spacial score (nSPS) is 12.8. The first kappa shape index (κ1) is 26.7. The molecule has 1 N–H and O–H groups in total. The second kappa shape index (κ2) is 14.6. The molecule has 1 aromatic carbocycles. The van der Waals surface area contributed by atoms with Crippen LogP contribution >= 0.6 is 0 Å². The molecule has 2 atom stereocenters. The fourth-order valence-electron chi connectivity index (χ4n) is 3.62. The summed E-state index contributed by atoms with van der Waals surface area (Å²) in [4.78, 5) is 21.3. The summed E-state index contributed by atoms with van der Waals surface area (Å²) in [5, 5.41) is 10.1. The first-order chi connectivity index (χ1) is 16.0. The highest BCUT2D eigenvalue weighted by atomic mass is 16.5. The van der Waals surface area contributed by atoms with Gasteiger partial charge in [-0.15, -0.1) is 0 Å². The highest BCUT2D eigenvalue weighted by molar-refractivity contribution is 5.75. The predicted octanol–water partition coefficient (Wildman–Crippen LogP) is 7.00. The number of esters is 1. The molecule has 5 heteroatoms. The molecule has 0 aliphatic carbocycles. The maximum Gasteiger partial charge on any atom is 0.316 e. The lowest BCUT2D eigenvalue weighted by molar-refractivity contribution is -0.142. The number of aromatic nitrogens is 2. The Hall–Kier alpha value is -2.53. The van der Waals surface area contributed by atoms with Gasteiger partial charge in [0.2, 0.25) is 0 Å². The summed E-state index contributed by atoms with van der Waals surface area (Å²) in [6.07, 6.45) is 14.0. The van der Waals surface area contributed by atoms with E-state index < -0.39 is 18.0 Å². The summed E-state index contributed by atoms with van der Waals surface area (Å²) < 4.78 is 5.44. The van der Waals surface area contributed by atoms with Crippen molar-refractivity contribution in [3.63, 3.8) is 0 Å². The molecular weight excluding hydrogens is 412 g/mol. The minimum Gasteiger partial charge on any atom is -0.426 e. The van der Waals surface area contributed by atoms with Crippen LogP contribution in [0.15, 0.2) is 43.2 Å². The Labute approximate surface area is 199 Å². The third kappa shape index (κ3) is 9.09. The smallest absolute Gasteiger partial charge is 0.316 e. The number of hydrogen-bond acceptors (Lipinski definition) is 5. The molecule has 5 nitrogen and oxygen atoms in total. The SMILES string of the molecule is C=C(CCCCCCCC)c1cnc(-c2ccc(OC(=O)[C@@H](C)[C@@H](O)CCCC)cc2)nc1. The van der Waals surface area contributed by atoms with E-state index in [9.17, 15) is 9.90 Å². The van der Waals surface area contributed by atoms with Crippen molar-refractivity contribution in [1.29, 1.82) is 0 Å². The van der Waals surface area contributed by atoms with Gasteiger partial charge < -0.3 is 9.84 Å². The van der Waals surface area contributed by atoms with Gasteiger partial charge >= 0.3 is 5.97 Å². The number of hydrogen-bond donors (Lipinski definition) is 1. The molecule has 33 heavy (non-hydrogen) atoms. The van der Waals surface area contributed by atoms with Crippen LogP contribution in [0.4, 0.5) is 0 Å². The van der Waals surface area contributed by atoms with E-state index in [4.69, 9.17) is 4.74 Å². The Bertz CT molecular complexity index is 846. The lowest BCUT2D eigenvalue weighted by atomic mass is 10.00. The quantitative estimate of drug-likeness (QED) is 0.179. The van der Waals surface area contributed by atoms with Gasteiger partial charge in [0.25, 0.3) is 0 Å². The first-order valence-corrected chi connectivity index (χ1v) is 12.5. The number of carbonyl (C=O) groups excluding carboxylic acids is 1. The summed E-state index contributed by atoms with van der Waals surface area (Å²) in [5.41, 5.74) is 2.90. The number of allylic oxidation sites excluding steroid dienone is 1. The Balaban J connectivity index is 1.86. The van der Waals surface area contributed by atoms with Crippen molar-refractivity contribution in [3.8, 4) is 17.1 Å². The fraction of sp³-hybridized carbons (Fsp3) is 0.536. The van der Waals surface area contributed by atoms with Crippen LogP contribution in [0.25, 0.3) is 17.0 Å². The number of benzene rings is 1. The van der Waals surface area contributed by atoms with Crippen LogP contribution in [0.5, 0.6) is 5.75 Å². The number of aliphatic hydroxyl groups is 1. The topological polar surface area (TPSA) is 72.3 Å². The monoisotopic (exact) mass is 452 g/mol. The van der Waals surface area contributed by atoms with Crippen molar-refractivity contribution < 1.29 is 14.6 Å². The largest absolute Gasteiger partial charge is 0.426 e. The zero-order valence-electron chi connectivity index (χ0n) is 20.6. The maximum atomic E-state index is 12.3. The van der Waals surface area contributed by atoms with Crippen molar-refractivity contribution in [3.05, 3.63) is 48.8 Å². The predicted molar refractivity (Wildman–Crippen MR) is 135 cm³/mol. The van der Waals surface area contributed by atoms with Gasteiger partial charge in [-0.05, 0) is 56.0 Å². The zero-order chi connectivity index (χ0) is 24.1. The van der Waals surface area contributed by atoms with Gasteiger partial charge in [-0.2, -0.15) is 0 Å². The summed E-state index contributed by atoms with van der Waals surface area (Å²) in [5.74, 6) is 0.0851. The summed E-state index contributed by atoms with van der Waals surface area (Å²) >= 11 is 0. The lowest BCUT2D eigenvalue weighted by Crippen LogP contribution is -2.29. The third-order valence-electron chi connectivity index (χ3n) is 6.03. The van der Waals surface area contributed by atoms with Gasteiger partial charge in [0.15, 0.2) is 5.82 Å². The van der Waals surface area contributed by atoms with Crippen molar-refractivity contribution >= 4 is 11.5 Å². The van der Waals surface area contributed by atoms with Gasteiger partial charge in [-0.3, -0.25) is 4.79 Å². The average molecular weight is 453 g/mol. The Kier molecular flexibility index (Phi) is 11.8. The third-order valence-corrected chi connectivity index (χ3v) is 6.03. The minimum absolute atomic E-state index is 0.421. The van der Waals surface area contributed by atoms with Gasteiger partial charge in [-0.25, -0.2) is 9.97 Å².